The van der Waals surface area contributed by atoms with Gasteiger partial charge in [0.05, 0.1) is 12.3 Å². The van der Waals surface area contributed by atoms with Crippen molar-refractivity contribution >= 4 is 28.7 Å². The van der Waals surface area contributed by atoms with E-state index in [1.54, 1.807) is 48.3 Å². The number of benzene rings is 2. The van der Waals surface area contributed by atoms with Crippen LogP contribution in [0.1, 0.15) is 38.5 Å². The molecule has 0 saturated carbocycles. The first-order valence-electron chi connectivity index (χ1n) is 10.1. The minimum absolute atomic E-state index is 0.173. The Labute approximate surface area is 189 Å². The number of rotatable bonds is 7. The van der Waals surface area contributed by atoms with Crippen molar-refractivity contribution in [3.8, 4) is 16.3 Å². The number of aryl methyl sites for hydroxylation is 2. The van der Waals surface area contributed by atoms with Crippen LogP contribution in [0.3, 0.4) is 0 Å². The van der Waals surface area contributed by atoms with Gasteiger partial charge in [0.15, 0.2) is 5.82 Å². The molecule has 1 amide bonds. The molecule has 0 aliphatic heterocycles. The lowest BCUT2D eigenvalue weighted by Crippen LogP contribution is -2.12. The second-order valence-corrected chi connectivity index (χ2v) is 8.11. The molecule has 162 valence electrons. The highest BCUT2D eigenvalue weighted by atomic mass is 32.1. The quantitative estimate of drug-likeness (QED) is 0.415. The Morgan fingerprint density at radius 2 is 1.81 bits per heavy atom. The Morgan fingerprint density at radius 3 is 2.44 bits per heavy atom. The summed E-state index contributed by atoms with van der Waals surface area (Å²) < 4.78 is 7.15. The molecule has 4 rings (SSSR count). The fourth-order valence-electron chi connectivity index (χ4n) is 3.20. The van der Waals surface area contributed by atoms with Crippen molar-refractivity contribution in [1.82, 2.24) is 14.5 Å². The third-order valence-corrected chi connectivity index (χ3v) is 6.05. The largest absolute Gasteiger partial charge is 0.494 e. The minimum Gasteiger partial charge on any atom is -0.494 e. The summed E-state index contributed by atoms with van der Waals surface area (Å²) in [6, 6.07) is 14.4. The SMILES string of the molecule is CCOc1ccc(-c2nc(C)c(C(=O)Nc3ccc(C(=O)c4nccn4C)cc3)s2)cc1. The summed E-state index contributed by atoms with van der Waals surface area (Å²) in [6.45, 7) is 4.37. The zero-order valence-corrected chi connectivity index (χ0v) is 18.8. The van der Waals surface area contributed by atoms with Gasteiger partial charge in [0, 0.05) is 36.3 Å². The van der Waals surface area contributed by atoms with Gasteiger partial charge in [-0.05, 0) is 62.4 Å². The average Bonchev–Trinajstić information content (AvgIpc) is 3.40. The smallest absolute Gasteiger partial charge is 0.267 e. The van der Waals surface area contributed by atoms with E-state index in [4.69, 9.17) is 4.74 Å². The van der Waals surface area contributed by atoms with E-state index in [0.717, 1.165) is 16.3 Å². The molecular weight excluding hydrogens is 424 g/mol. The van der Waals surface area contributed by atoms with E-state index < -0.39 is 0 Å². The molecule has 32 heavy (non-hydrogen) atoms. The molecule has 0 saturated heterocycles. The van der Waals surface area contributed by atoms with Gasteiger partial charge in [-0.25, -0.2) is 9.97 Å². The van der Waals surface area contributed by atoms with E-state index in [2.05, 4.69) is 15.3 Å². The number of thiazole rings is 1. The lowest BCUT2D eigenvalue weighted by Gasteiger charge is -2.06. The maximum atomic E-state index is 12.8. The first-order chi connectivity index (χ1) is 15.5. The average molecular weight is 447 g/mol. The zero-order valence-electron chi connectivity index (χ0n) is 18.0. The maximum Gasteiger partial charge on any atom is 0.267 e. The standard InChI is InChI=1S/C24H22N4O3S/c1-4-31-19-11-7-17(8-12-19)24-26-15(2)21(32-24)23(30)27-18-9-5-16(6-10-18)20(29)22-25-13-14-28(22)3/h5-14H,4H2,1-3H3,(H,27,30). The van der Waals surface area contributed by atoms with E-state index in [9.17, 15) is 9.59 Å². The number of anilines is 1. The fourth-order valence-corrected chi connectivity index (χ4v) is 4.16. The molecule has 4 aromatic rings. The van der Waals surface area contributed by atoms with Crippen molar-refractivity contribution in [2.24, 2.45) is 7.05 Å². The number of hydrogen-bond acceptors (Lipinski definition) is 6. The highest BCUT2D eigenvalue weighted by Crippen LogP contribution is 2.30. The van der Waals surface area contributed by atoms with Crippen molar-refractivity contribution in [1.29, 1.82) is 0 Å². The van der Waals surface area contributed by atoms with Crippen molar-refractivity contribution in [2.75, 3.05) is 11.9 Å². The van der Waals surface area contributed by atoms with E-state index in [1.807, 2.05) is 38.1 Å². The number of nitrogens with one attached hydrogen (secondary N) is 1. The predicted molar refractivity (Wildman–Crippen MR) is 124 cm³/mol. The summed E-state index contributed by atoms with van der Waals surface area (Å²) in [6.07, 6.45) is 3.31. The summed E-state index contributed by atoms with van der Waals surface area (Å²) >= 11 is 1.34. The van der Waals surface area contributed by atoms with Crippen LogP contribution >= 0.6 is 11.3 Å². The van der Waals surface area contributed by atoms with Crippen LogP contribution in [-0.4, -0.2) is 32.8 Å². The van der Waals surface area contributed by atoms with Gasteiger partial charge < -0.3 is 14.6 Å². The van der Waals surface area contributed by atoms with E-state index in [0.29, 0.717) is 34.3 Å². The highest BCUT2D eigenvalue weighted by Gasteiger charge is 2.18. The monoisotopic (exact) mass is 446 g/mol. The Morgan fingerprint density at radius 1 is 1.09 bits per heavy atom. The normalized spacial score (nSPS) is 10.7. The molecule has 0 aliphatic rings. The van der Waals surface area contributed by atoms with Crippen LogP contribution in [-0.2, 0) is 7.05 Å². The van der Waals surface area contributed by atoms with Gasteiger partial charge in [0.2, 0.25) is 5.78 Å². The number of imidazole rings is 1. The maximum absolute atomic E-state index is 12.8. The number of ketones is 1. The summed E-state index contributed by atoms with van der Waals surface area (Å²) in [5.74, 6) is 0.755. The molecule has 2 aromatic heterocycles. The van der Waals surface area contributed by atoms with Crippen LogP contribution < -0.4 is 10.1 Å². The van der Waals surface area contributed by atoms with E-state index >= 15 is 0 Å². The minimum atomic E-state index is -0.236. The van der Waals surface area contributed by atoms with Crippen molar-refractivity contribution in [3.05, 3.63) is 82.9 Å². The van der Waals surface area contributed by atoms with Gasteiger partial charge in [-0.2, -0.15) is 0 Å². The first-order valence-corrected chi connectivity index (χ1v) is 10.9. The molecule has 0 spiro atoms. The van der Waals surface area contributed by atoms with Crippen LogP contribution in [0.2, 0.25) is 0 Å². The zero-order chi connectivity index (χ0) is 22.7. The molecule has 0 aliphatic carbocycles. The number of aromatic nitrogens is 3. The van der Waals surface area contributed by atoms with Gasteiger partial charge in [-0.15, -0.1) is 11.3 Å². The molecule has 1 N–H and O–H groups in total. The number of carbonyl (C=O) groups is 2. The Kier molecular flexibility index (Phi) is 6.13. The second kappa shape index (κ2) is 9.15. The van der Waals surface area contributed by atoms with Crippen LogP contribution in [0.25, 0.3) is 10.6 Å². The summed E-state index contributed by atoms with van der Waals surface area (Å²) in [4.78, 5) is 34.6. The van der Waals surface area contributed by atoms with Gasteiger partial charge in [-0.1, -0.05) is 0 Å². The van der Waals surface area contributed by atoms with Crippen LogP contribution in [0, 0.1) is 6.92 Å². The van der Waals surface area contributed by atoms with Crippen LogP contribution in [0.5, 0.6) is 5.75 Å². The van der Waals surface area contributed by atoms with Crippen molar-refractivity contribution in [2.45, 2.75) is 13.8 Å². The van der Waals surface area contributed by atoms with E-state index in [-0.39, 0.29) is 11.7 Å². The number of hydrogen-bond donors (Lipinski definition) is 1. The number of ether oxygens (including phenoxy) is 1. The number of carbonyl (C=O) groups excluding carboxylic acids is 2. The van der Waals surface area contributed by atoms with E-state index in [1.165, 1.54) is 11.3 Å². The molecule has 0 unspecified atom stereocenters. The molecule has 2 aromatic carbocycles. The first kappa shape index (κ1) is 21.5. The molecule has 0 fully saturated rings. The van der Waals surface area contributed by atoms with Crippen LogP contribution in [0.4, 0.5) is 5.69 Å². The van der Waals surface area contributed by atoms with Crippen molar-refractivity contribution < 1.29 is 14.3 Å². The predicted octanol–water partition coefficient (Wildman–Crippen LogP) is 4.73. The van der Waals surface area contributed by atoms with Crippen LogP contribution in [0.15, 0.2) is 60.9 Å². The summed E-state index contributed by atoms with van der Waals surface area (Å²) in [7, 11) is 1.77. The Bertz CT molecular complexity index is 1260. The molecule has 0 bridgehead atoms. The molecule has 2 heterocycles. The highest BCUT2D eigenvalue weighted by molar-refractivity contribution is 7.17. The molecular formula is C24H22N4O3S. The van der Waals surface area contributed by atoms with Gasteiger partial charge in [0.1, 0.15) is 15.6 Å². The summed E-state index contributed by atoms with van der Waals surface area (Å²) in [5.41, 5.74) is 2.70. The Hall–Kier alpha value is -3.78. The third kappa shape index (κ3) is 4.45. The number of amides is 1. The molecule has 0 radical (unpaired) electrons. The fraction of sp³-hybridized carbons (Fsp3) is 0.167. The molecule has 8 heteroatoms. The second-order valence-electron chi connectivity index (χ2n) is 7.11. The lowest BCUT2D eigenvalue weighted by atomic mass is 10.1. The third-order valence-electron chi connectivity index (χ3n) is 4.84. The summed E-state index contributed by atoms with van der Waals surface area (Å²) in [5, 5.41) is 3.65. The molecule has 7 nitrogen and oxygen atoms in total. The van der Waals surface area contributed by atoms with Gasteiger partial charge in [-0.3, -0.25) is 9.59 Å². The molecule has 0 atom stereocenters. The number of nitrogens with zero attached hydrogens (tertiary/aromatic N) is 3. The van der Waals surface area contributed by atoms with Gasteiger partial charge >= 0.3 is 0 Å². The van der Waals surface area contributed by atoms with Gasteiger partial charge in [0.25, 0.3) is 5.91 Å². The lowest BCUT2D eigenvalue weighted by molar-refractivity contribution is 0.102. The topological polar surface area (TPSA) is 86.1 Å². The van der Waals surface area contributed by atoms with Crippen molar-refractivity contribution in [3.63, 3.8) is 0 Å². The Balaban J connectivity index is 1.47.